The van der Waals surface area contributed by atoms with Crippen molar-refractivity contribution >= 4 is 0 Å². The van der Waals surface area contributed by atoms with Gasteiger partial charge in [-0.3, -0.25) is 4.90 Å². The number of morpholine rings is 1. The lowest BCUT2D eigenvalue weighted by Gasteiger charge is -2.39. The van der Waals surface area contributed by atoms with Crippen LogP contribution in [0.15, 0.2) is 28.8 Å². The third kappa shape index (κ3) is 3.44. The van der Waals surface area contributed by atoms with Crippen molar-refractivity contribution in [2.24, 2.45) is 5.92 Å². The molecular formula is C18H22FN3O3. The number of benzene rings is 1. The Labute approximate surface area is 145 Å². The molecule has 1 aromatic heterocycles. The minimum absolute atomic E-state index is 0.148. The summed E-state index contributed by atoms with van der Waals surface area (Å²) in [4.78, 5) is 6.59. The molecule has 1 aliphatic carbocycles. The summed E-state index contributed by atoms with van der Waals surface area (Å²) in [6.07, 6.45) is 2.64. The van der Waals surface area contributed by atoms with E-state index in [4.69, 9.17) is 9.26 Å². The number of ether oxygens (including phenoxy) is 1. The molecule has 2 heterocycles. The molecule has 0 radical (unpaired) electrons. The Balaban J connectivity index is 1.50. The predicted octanol–water partition coefficient (Wildman–Crippen LogP) is 2.24. The molecule has 2 aromatic rings. The third-order valence-corrected chi connectivity index (χ3v) is 5.23. The number of rotatable bonds is 4. The Morgan fingerprint density at radius 2 is 2.16 bits per heavy atom. The van der Waals surface area contributed by atoms with Crippen LogP contribution in [-0.4, -0.2) is 52.1 Å². The van der Waals surface area contributed by atoms with Crippen molar-refractivity contribution in [3.05, 3.63) is 36.0 Å². The average Bonchev–Trinajstić information content (AvgIpc) is 3.25. The molecule has 4 rings (SSSR count). The Kier molecular flexibility index (Phi) is 4.78. The first-order valence-corrected chi connectivity index (χ1v) is 8.80. The molecular weight excluding hydrogens is 325 g/mol. The zero-order valence-electron chi connectivity index (χ0n) is 14.0. The maximum absolute atomic E-state index is 13.9. The maximum Gasteiger partial charge on any atom is 0.241 e. The Morgan fingerprint density at radius 3 is 2.96 bits per heavy atom. The summed E-state index contributed by atoms with van der Waals surface area (Å²) >= 11 is 0. The molecule has 25 heavy (non-hydrogen) atoms. The topological polar surface area (TPSA) is 71.6 Å². The Bertz CT molecular complexity index is 723. The highest BCUT2D eigenvalue weighted by atomic mass is 19.1. The van der Waals surface area contributed by atoms with Gasteiger partial charge in [0.05, 0.1) is 31.4 Å². The second kappa shape index (κ2) is 7.19. The van der Waals surface area contributed by atoms with Crippen LogP contribution in [0.5, 0.6) is 0 Å². The first kappa shape index (κ1) is 16.6. The first-order chi connectivity index (χ1) is 12.2. The molecule has 2 fully saturated rings. The van der Waals surface area contributed by atoms with E-state index in [1.54, 1.807) is 18.2 Å². The zero-order valence-corrected chi connectivity index (χ0v) is 14.0. The summed E-state index contributed by atoms with van der Waals surface area (Å²) in [5.74, 6) is 0.568. The standard InChI is InChI=1S/C18H22FN3O3/c19-14-6-2-1-4-12(14)18-20-17(25-21-18)10-22-8-9-24-11-15(22)13-5-3-7-16(13)23/h1-2,4,6,13,15-16,23H,3,5,7-11H2/t13-,15+,16+/m0/s1. The molecule has 2 aliphatic rings. The summed E-state index contributed by atoms with van der Waals surface area (Å²) in [6, 6.07) is 6.54. The van der Waals surface area contributed by atoms with E-state index in [-0.39, 0.29) is 29.7 Å². The fraction of sp³-hybridized carbons (Fsp3) is 0.556. The molecule has 0 amide bonds. The van der Waals surface area contributed by atoms with Crippen molar-refractivity contribution in [3.8, 4) is 11.4 Å². The van der Waals surface area contributed by atoms with Crippen LogP contribution in [0.2, 0.25) is 0 Å². The highest BCUT2D eigenvalue weighted by molar-refractivity contribution is 5.54. The van der Waals surface area contributed by atoms with Gasteiger partial charge in [-0.2, -0.15) is 4.98 Å². The van der Waals surface area contributed by atoms with Crippen molar-refractivity contribution in [1.82, 2.24) is 15.0 Å². The van der Waals surface area contributed by atoms with Crippen LogP contribution in [0.3, 0.4) is 0 Å². The van der Waals surface area contributed by atoms with Gasteiger partial charge in [-0.1, -0.05) is 23.7 Å². The molecule has 1 N–H and O–H groups in total. The minimum Gasteiger partial charge on any atom is -0.393 e. The SMILES string of the molecule is O[C@@H]1CCC[C@H]1[C@H]1COCCN1Cc1nc(-c2ccccc2F)no1. The monoisotopic (exact) mass is 347 g/mol. The smallest absolute Gasteiger partial charge is 0.241 e. The largest absolute Gasteiger partial charge is 0.393 e. The number of hydrogen-bond donors (Lipinski definition) is 1. The number of aliphatic hydroxyl groups is 1. The highest BCUT2D eigenvalue weighted by Gasteiger charge is 2.38. The molecule has 134 valence electrons. The van der Waals surface area contributed by atoms with Crippen LogP contribution in [0.1, 0.15) is 25.2 Å². The number of hydrogen-bond acceptors (Lipinski definition) is 6. The highest BCUT2D eigenvalue weighted by Crippen LogP contribution is 2.33. The van der Waals surface area contributed by atoms with Gasteiger partial charge >= 0.3 is 0 Å². The summed E-state index contributed by atoms with van der Waals surface area (Å²) < 4.78 is 24.9. The molecule has 1 aromatic carbocycles. The predicted molar refractivity (Wildman–Crippen MR) is 88.1 cm³/mol. The van der Waals surface area contributed by atoms with Gasteiger partial charge in [0.2, 0.25) is 11.7 Å². The molecule has 6 nitrogen and oxygen atoms in total. The van der Waals surface area contributed by atoms with E-state index in [1.807, 2.05) is 0 Å². The lowest BCUT2D eigenvalue weighted by molar-refractivity contribution is -0.0567. The van der Waals surface area contributed by atoms with E-state index in [1.165, 1.54) is 6.07 Å². The van der Waals surface area contributed by atoms with E-state index < -0.39 is 0 Å². The maximum atomic E-state index is 13.9. The van der Waals surface area contributed by atoms with Crippen LogP contribution in [0.25, 0.3) is 11.4 Å². The Morgan fingerprint density at radius 1 is 1.28 bits per heavy atom. The number of nitrogens with zero attached hydrogens (tertiary/aromatic N) is 3. The Hall–Kier alpha value is -1.83. The van der Waals surface area contributed by atoms with Crippen LogP contribution in [-0.2, 0) is 11.3 Å². The van der Waals surface area contributed by atoms with Crippen LogP contribution >= 0.6 is 0 Å². The van der Waals surface area contributed by atoms with E-state index >= 15 is 0 Å². The summed E-state index contributed by atoms with van der Waals surface area (Å²) in [7, 11) is 0. The zero-order chi connectivity index (χ0) is 17.2. The molecule has 1 aliphatic heterocycles. The van der Waals surface area contributed by atoms with Crippen molar-refractivity contribution < 1.29 is 18.8 Å². The first-order valence-electron chi connectivity index (χ1n) is 8.80. The minimum atomic E-state index is -0.367. The normalized spacial score (nSPS) is 27.7. The van der Waals surface area contributed by atoms with E-state index in [9.17, 15) is 9.50 Å². The van der Waals surface area contributed by atoms with Gasteiger partial charge in [0.15, 0.2) is 0 Å². The molecule has 1 saturated heterocycles. The van der Waals surface area contributed by atoms with E-state index in [0.29, 0.717) is 31.2 Å². The molecule has 0 spiro atoms. The summed E-state index contributed by atoms with van der Waals surface area (Å²) in [5, 5.41) is 14.1. The molecule has 1 saturated carbocycles. The number of halogens is 1. The molecule has 7 heteroatoms. The van der Waals surface area contributed by atoms with Gasteiger partial charge in [0.1, 0.15) is 5.82 Å². The summed E-state index contributed by atoms with van der Waals surface area (Å²) in [6.45, 7) is 2.49. The average molecular weight is 347 g/mol. The van der Waals surface area contributed by atoms with Crippen molar-refractivity contribution in [2.75, 3.05) is 19.8 Å². The van der Waals surface area contributed by atoms with Gasteiger partial charge in [-0.15, -0.1) is 0 Å². The number of aliphatic hydroxyl groups excluding tert-OH is 1. The van der Waals surface area contributed by atoms with Gasteiger partial charge < -0.3 is 14.4 Å². The second-order valence-electron chi connectivity index (χ2n) is 6.77. The fourth-order valence-electron chi connectivity index (χ4n) is 3.91. The number of aromatic nitrogens is 2. The van der Waals surface area contributed by atoms with Crippen molar-refractivity contribution in [1.29, 1.82) is 0 Å². The van der Waals surface area contributed by atoms with E-state index in [0.717, 1.165) is 25.8 Å². The molecule has 0 unspecified atom stereocenters. The fourth-order valence-corrected chi connectivity index (χ4v) is 3.91. The molecule has 3 atom stereocenters. The van der Waals surface area contributed by atoms with E-state index in [2.05, 4.69) is 15.0 Å². The van der Waals surface area contributed by atoms with Gasteiger partial charge in [0, 0.05) is 18.5 Å². The van der Waals surface area contributed by atoms with Crippen molar-refractivity contribution in [2.45, 2.75) is 38.0 Å². The van der Waals surface area contributed by atoms with Gasteiger partial charge in [-0.25, -0.2) is 4.39 Å². The van der Waals surface area contributed by atoms with Crippen LogP contribution in [0, 0.1) is 11.7 Å². The lowest BCUT2D eigenvalue weighted by atomic mass is 9.94. The quantitative estimate of drug-likeness (QED) is 0.915. The van der Waals surface area contributed by atoms with Gasteiger partial charge in [0.25, 0.3) is 0 Å². The third-order valence-electron chi connectivity index (χ3n) is 5.23. The summed E-state index contributed by atoms with van der Waals surface area (Å²) in [5.41, 5.74) is 0.335. The van der Waals surface area contributed by atoms with Crippen molar-refractivity contribution in [3.63, 3.8) is 0 Å². The molecule has 0 bridgehead atoms. The lowest BCUT2D eigenvalue weighted by Crippen LogP contribution is -2.50. The van der Waals surface area contributed by atoms with Crippen LogP contribution in [0.4, 0.5) is 4.39 Å². The van der Waals surface area contributed by atoms with Gasteiger partial charge in [-0.05, 0) is 25.0 Å². The van der Waals surface area contributed by atoms with Crippen LogP contribution < -0.4 is 0 Å². The second-order valence-corrected chi connectivity index (χ2v) is 6.77.